The van der Waals surface area contributed by atoms with Gasteiger partial charge < -0.3 is 19.7 Å². The molecule has 0 aromatic carbocycles. The van der Waals surface area contributed by atoms with Crippen LogP contribution in [0.4, 0.5) is 0 Å². The van der Waals surface area contributed by atoms with Crippen LogP contribution >= 0.6 is 0 Å². The Morgan fingerprint density at radius 1 is 1.18 bits per heavy atom. The van der Waals surface area contributed by atoms with E-state index < -0.39 is 0 Å². The van der Waals surface area contributed by atoms with E-state index in [-0.39, 0.29) is 0 Å². The molecule has 17 heavy (non-hydrogen) atoms. The average Bonchev–Trinajstić information content (AvgIpc) is 2.77. The molecule has 0 bridgehead atoms. The van der Waals surface area contributed by atoms with Gasteiger partial charge in [-0.05, 0) is 19.4 Å². The number of aryl methyl sites for hydroxylation is 1. The summed E-state index contributed by atoms with van der Waals surface area (Å²) in [6, 6.07) is 0. The molecule has 0 aliphatic heterocycles. The van der Waals surface area contributed by atoms with Crippen molar-refractivity contribution in [1.82, 2.24) is 10.1 Å². The molecular formula is C11H21N3O3. The highest BCUT2D eigenvalue weighted by Gasteiger charge is 2.05. The normalized spacial score (nSPS) is 10.9. The van der Waals surface area contributed by atoms with Gasteiger partial charge in [-0.1, -0.05) is 5.16 Å². The van der Waals surface area contributed by atoms with E-state index in [0.717, 1.165) is 19.3 Å². The van der Waals surface area contributed by atoms with Crippen LogP contribution in [0, 0.1) is 0 Å². The van der Waals surface area contributed by atoms with Crippen molar-refractivity contribution in [3.8, 4) is 0 Å². The molecule has 6 heteroatoms. The maximum Gasteiger partial charge on any atom is 0.226 e. The largest absolute Gasteiger partial charge is 0.382 e. The summed E-state index contributed by atoms with van der Waals surface area (Å²) in [6.45, 7) is 2.49. The van der Waals surface area contributed by atoms with Crippen molar-refractivity contribution >= 4 is 0 Å². The summed E-state index contributed by atoms with van der Waals surface area (Å²) in [5.74, 6) is 1.38. The van der Waals surface area contributed by atoms with Crippen LogP contribution in [0.25, 0.3) is 0 Å². The molecule has 1 aromatic heterocycles. The molecule has 0 saturated carbocycles. The van der Waals surface area contributed by atoms with Gasteiger partial charge in [0.05, 0.1) is 19.8 Å². The third-order valence-corrected chi connectivity index (χ3v) is 2.26. The Balaban J connectivity index is 2.12. The zero-order valence-electron chi connectivity index (χ0n) is 10.4. The van der Waals surface area contributed by atoms with Gasteiger partial charge in [0.2, 0.25) is 5.89 Å². The van der Waals surface area contributed by atoms with E-state index in [2.05, 4.69) is 10.1 Å². The lowest BCUT2D eigenvalue weighted by Gasteiger charge is -1.99. The summed E-state index contributed by atoms with van der Waals surface area (Å²) in [7, 11) is 1.65. The van der Waals surface area contributed by atoms with Gasteiger partial charge in [-0.3, -0.25) is 0 Å². The second-order valence-corrected chi connectivity index (χ2v) is 3.71. The summed E-state index contributed by atoms with van der Waals surface area (Å²) in [6.07, 6.45) is 3.44. The Morgan fingerprint density at radius 2 is 2.06 bits per heavy atom. The first kappa shape index (κ1) is 14.1. The maximum absolute atomic E-state index is 5.41. The molecular weight excluding hydrogens is 222 g/mol. The lowest BCUT2D eigenvalue weighted by Crippen LogP contribution is -2.05. The third-order valence-electron chi connectivity index (χ3n) is 2.26. The molecule has 1 rings (SSSR count). The van der Waals surface area contributed by atoms with Crippen LogP contribution in [-0.2, 0) is 22.3 Å². The van der Waals surface area contributed by atoms with Crippen LogP contribution in [0.5, 0.6) is 0 Å². The number of aromatic nitrogens is 2. The highest BCUT2D eigenvalue weighted by Crippen LogP contribution is 2.03. The smallest absolute Gasteiger partial charge is 0.226 e. The molecule has 98 valence electrons. The number of hydrogen-bond acceptors (Lipinski definition) is 6. The van der Waals surface area contributed by atoms with Gasteiger partial charge in [-0.2, -0.15) is 4.98 Å². The van der Waals surface area contributed by atoms with E-state index in [0.29, 0.717) is 44.5 Å². The number of methoxy groups -OCH3 is 1. The summed E-state index contributed by atoms with van der Waals surface area (Å²) < 4.78 is 15.3. The predicted octanol–water partition coefficient (Wildman–Crippen LogP) is 0.557. The molecule has 1 aromatic rings. The zero-order chi connectivity index (χ0) is 12.3. The number of nitrogens with zero attached hydrogens (tertiary/aromatic N) is 2. The molecule has 2 N–H and O–H groups in total. The van der Waals surface area contributed by atoms with Gasteiger partial charge in [-0.15, -0.1) is 0 Å². The molecule has 1 heterocycles. The lowest BCUT2D eigenvalue weighted by molar-refractivity contribution is 0.0714. The van der Waals surface area contributed by atoms with E-state index in [9.17, 15) is 0 Å². The fourth-order valence-corrected chi connectivity index (χ4v) is 1.32. The SMILES string of the molecule is COCCOCCc1noc(CCCCN)n1. The molecule has 0 unspecified atom stereocenters. The molecule has 0 radical (unpaired) electrons. The van der Waals surface area contributed by atoms with Crippen molar-refractivity contribution < 1.29 is 14.0 Å². The van der Waals surface area contributed by atoms with Gasteiger partial charge in [0, 0.05) is 20.0 Å². The quantitative estimate of drug-likeness (QED) is 0.604. The maximum atomic E-state index is 5.41. The van der Waals surface area contributed by atoms with Gasteiger partial charge in [0.1, 0.15) is 0 Å². The molecule has 0 aliphatic rings. The first-order valence-electron chi connectivity index (χ1n) is 5.95. The van der Waals surface area contributed by atoms with Crippen molar-refractivity contribution in [1.29, 1.82) is 0 Å². The second-order valence-electron chi connectivity index (χ2n) is 3.71. The van der Waals surface area contributed by atoms with Gasteiger partial charge in [-0.25, -0.2) is 0 Å². The van der Waals surface area contributed by atoms with Crippen LogP contribution < -0.4 is 5.73 Å². The van der Waals surface area contributed by atoms with Crippen molar-refractivity contribution in [3.63, 3.8) is 0 Å². The van der Waals surface area contributed by atoms with E-state index in [1.807, 2.05) is 0 Å². The Hall–Kier alpha value is -0.980. The highest BCUT2D eigenvalue weighted by atomic mass is 16.5. The van der Waals surface area contributed by atoms with Crippen molar-refractivity contribution in [3.05, 3.63) is 11.7 Å². The highest BCUT2D eigenvalue weighted by molar-refractivity contribution is 4.86. The fourth-order valence-electron chi connectivity index (χ4n) is 1.32. The minimum atomic E-state index is 0.588. The predicted molar refractivity (Wildman–Crippen MR) is 62.7 cm³/mol. The number of nitrogens with two attached hydrogens (primary N) is 1. The molecule has 0 saturated heterocycles. The van der Waals surface area contributed by atoms with Gasteiger partial charge in [0.15, 0.2) is 5.82 Å². The van der Waals surface area contributed by atoms with E-state index >= 15 is 0 Å². The third kappa shape index (κ3) is 6.35. The number of unbranched alkanes of at least 4 members (excludes halogenated alkanes) is 1. The standard InChI is InChI=1S/C11H21N3O3/c1-15-8-9-16-7-5-10-13-11(17-14-10)4-2-3-6-12/h2-9,12H2,1H3. The molecule has 0 amide bonds. The molecule has 0 fully saturated rings. The van der Waals surface area contributed by atoms with E-state index in [1.54, 1.807) is 7.11 Å². The van der Waals surface area contributed by atoms with Crippen molar-refractivity contribution in [2.24, 2.45) is 5.73 Å². The van der Waals surface area contributed by atoms with Crippen LogP contribution in [0.2, 0.25) is 0 Å². The fraction of sp³-hybridized carbons (Fsp3) is 0.818. The minimum absolute atomic E-state index is 0.588. The van der Waals surface area contributed by atoms with E-state index in [4.69, 9.17) is 19.7 Å². The topological polar surface area (TPSA) is 83.4 Å². The van der Waals surface area contributed by atoms with Crippen molar-refractivity contribution in [2.45, 2.75) is 25.7 Å². The van der Waals surface area contributed by atoms with Crippen LogP contribution in [0.3, 0.4) is 0 Å². The summed E-state index contributed by atoms with van der Waals surface area (Å²) in [4.78, 5) is 4.27. The molecule has 6 nitrogen and oxygen atoms in total. The molecule has 0 aliphatic carbocycles. The summed E-state index contributed by atoms with van der Waals surface area (Å²) in [5, 5.41) is 3.88. The molecule has 0 spiro atoms. The Kier molecular flexibility index (Phi) is 7.53. The summed E-state index contributed by atoms with van der Waals surface area (Å²) in [5.41, 5.74) is 5.41. The zero-order valence-corrected chi connectivity index (χ0v) is 10.4. The Bertz CT molecular complexity index is 291. The first-order chi connectivity index (χ1) is 8.36. The van der Waals surface area contributed by atoms with Gasteiger partial charge in [0.25, 0.3) is 0 Å². The van der Waals surface area contributed by atoms with E-state index in [1.165, 1.54) is 0 Å². The summed E-state index contributed by atoms with van der Waals surface area (Å²) >= 11 is 0. The van der Waals surface area contributed by atoms with Crippen LogP contribution in [0.1, 0.15) is 24.6 Å². The van der Waals surface area contributed by atoms with Crippen LogP contribution in [-0.4, -0.2) is 43.6 Å². The second kappa shape index (κ2) is 9.09. The first-order valence-corrected chi connectivity index (χ1v) is 5.95. The number of hydrogen-bond donors (Lipinski definition) is 1. The average molecular weight is 243 g/mol. The number of rotatable bonds is 10. The number of ether oxygens (including phenoxy) is 2. The van der Waals surface area contributed by atoms with Gasteiger partial charge >= 0.3 is 0 Å². The Morgan fingerprint density at radius 3 is 2.82 bits per heavy atom. The van der Waals surface area contributed by atoms with Crippen LogP contribution in [0.15, 0.2) is 4.52 Å². The molecule has 0 atom stereocenters. The minimum Gasteiger partial charge on any atom is -0.382 e. The Labute approximate surface area is 101 Å². The van der Waals surface area contributed by atoms with Crippen molar-refractivity contribution in [2.75, 3.05) is 33.5 Å². The lowest BCUT2D eigenvalue weighted by atomic mass is 10.2. The monoisotopic (exact) mass is 243 g/mol.